The number of amides is 2. The molecule has 148 valence electrons. The summed E-state index contributed by atoms with van der Waals surface area (Å²) in [5, 5.41) is 8.57. The largest absolute Gasteiger partial charge is 0.385 e. The molecule has 3 N–H and O–H groups in total. The molecule has 0 unspecified atom stereocenters. The van der Waals surface area contributed by atoms with E-state index in [1.54, 1.807) is 43.5 Å². The van der Waals surface area contributed by atoms with Gasteiger partial charge in [0.25, 0.3) is 11.8 Å². The number of carbonyl (C=O) groups excluding carboxylic acids is 2. The Bertz CT molecular complexity index is 856. The molecular weight excluding hydrogens is 442 g/mol. The Morgan fingerprint density at radius 2 is 1.75 bits per heavy atom. The first-order valence-corrected chi connectivity index (χ1v) is 9.86. The summed E-state index contributed by atoms with van der Waals surface area (Å²) < 4.78 is 5.80. The summed E-state index contributed by atoms with van der Waals surface area (Å²) >= 11 is 8.60. The fourth-order valence-corrected chi connectivity index (χ4v) is 2.89. The first kappa shape index (κ1) is 22.0. The molecule has 0 saturated heterocycles. The van der Waals surface area contributed by atoms with E-state index in [2.05, 4.69) is 31.9 Å². The molecule has 0 aliphatic heterocycles. The van der Waals surface area contributed by atoms with Crippen LogP contribution in [0.2, 0.25) is 0 Å². The summed E-state index contributed by atoms with van der Waals surface area (Å²) in [5.41, 5.74) is 2.76. The number of ether oxygens (including phenoxy) is 1. The van der Waals surface area contributed by atoms with E-state index in [9.17, 15) is 9.59 Å². The first-order valence-electron chi connectivity index (χ1n) is 8.66. The summed E-state index contributed by atoms with van der Waals surface area (Å²) in [6.45, 7) is 3.10. The van der Waals surface area contributed by atoms with Crippen molar-refractivity contribution in [3.63, 3.8) is 0 Å². The van der Waals surface area contributed by atoms with Gasteiger partial charge in [-0.3, -0.25) is 14.9 Å². The van der Waals surface area contributed by atoms with Crippen molar-refractivity contribution >= 4 is 50.8 Å². The summed E-state index contributed by atoms with van der Waals surface area (Å²) in [6.07, 6.45) is 0.757. The predicted octanol–water partition coefficient (Wildman–Crippen LogP) is 3.65. The minimum atomic E-state index is -0.301. The van der Waals surface area contributed by atoms with E-state index in [4.69, 9.17) is 17.0 Å². The fraction of sp³-hybridized carbons (Fsp3) is 0.250. The number of anilines is 1. The first-order chi connectivity index (χ1) is 13.4. The second-order valence-corrected chi connectivity index (χ2v) is 7.31. The molecule has 28 heavy (non-hydrogen) atoms. The standard InChI is InChI=1S/C20H22BrN3O3S/c1-13-4-5-15(12-17(13)21)19(26)24-20(28)23-16-8-6-14(7-9-16)18(25)22-10-3-11-27-2/h4-9,12H,3,10-11H2,1-2H3,(H,22,25)(H2,23,24,26,28). The number of thiocarbonyl (C=S) groups is 1. The van der Waals surface area contributed by atoms with Gasteiger partial charge in [-0.15, -0.1) is 0 Å². The quantitative estimate of drug-likeness (QED) is 0.431. The van der Waals surface area contributed by atoms with Crippen LogP contribution in [-0.4, -0.2) is 37.2 Å². The minimum Gasteiger partial charge on any atom is -0.385 e. The minimum absolute atomic E-state index is 0.150. The Labute approximate surface area is 178 Å². The zero-order valence-corrected chi connectivity index (χ0v) is 18.1. The highest BCUT2D eigenvalue weighted by molar-refractivity contribution is 9.10. The molecule has 2 amide bonds. The monoisotopic (exact) mass is 463 g/mol. The molecule has 0 aliphatic carbocycles. The Morgan fingerprint density at radius 3 is 2.39 bits per heavy atom. The molecule has 2 rings (SSSR count). The van der Waals surface area contributed by atoms with Crippen LogP contribution in [-0.2, 0) is 4.74 Å². The van der Waals surface area contributed by atoms with Crippen molar-refractivity contribution in [2.75, 3.05) is 25.6 Å². The predicted molar refractivity (Wildman–Crippen MR) is 118 cm³/mol. The van der Waals surface area contributed by atoms with Crippen LogP contribution in [0.3, 0.4) is 0 Å². The molecule has 0 atom stereocenters. The SMILES string of the molecule is COCCCNC(=O)c1ccc(NC(=S)NC(=O)c2ccc(C)c(Br)c2)cc1. The summed E-state index contributed by atoms with van der Waals surface area (Å²) in [5.74, 6) is -0.450. The molecule has 0 spiro atoms. The zero-order chi connectivity index (χ0) is 20.5. The van der Waals surface area contributed by atoms with Crippen LogP contribution < -0.4 is 16.0 Å². The van der Waals surface area contributed by atoms with Gasteiger partial charge in [-0.1, -0.05) is 22.0 Å². The van der Waals surface area contributed by atoms with Crippen molar-refractivity contribution in [2.45, 2.75) is 13.3 Å². The average Bonchev–Trinajstić information content (AvgIpc) is 2.67. The van der Waals surface area contributed by atoms with Gasteiger partial charge < -0.3 is 15.4 Å². The van der Waals surface area contributed by atoms with Gasteiger partial charge in [0.2, 0.25) is 0 Å². The van der Waals surface area contributed by atoms with Crippen LogP contribution in [0.25, 0.3) is 0 Å². The number of hydrogen-bond acceptors (Lipinski definition) is 4. The zero-order valence-electron chi connectivity index (χ0n) is 15.7. The highest BCUT2D eigenvalue weighted by Gasteiger charge is 2.10. The highest BCUT2D eigenvalue weighted by atomic mass is 79.9. The Morgan fingerprint density at radius 1 is 1.07 bits per heavy atom. The van der Waals surface area contributed by atoms with E-state index >= 15 is 0 Å². The lowest BCUT2D eigenvalue weighted by Crippen LogP contribution is -2.34. The number of carbonyl (C=O) groups is 2. The maximum atomic E-state index is 12.3. The smallest absolute Gasteiger partial charge is 0.257 e. The van der Waals surface area contributed by atoms with Gasteiger partial charge >= 0.3 is 0 Å². The number of aryl methyl sites for hydroxylation is 1. The van der Waals surface area contributed by atoms with Crippen LogP contribution >= 0.6 is 28.1 Å². The highest BCUT2D eigenvalue weighted by Crippen LogP contribution is 2.17. The van der Waals surface area contributed by atoms with Crippen molar-refractivity contribution in [3.8, 4) is 0 Å². The van der Waals surface area contributed by atoms with Crippen LogP contribution in [0.1, 0.15) is 32.7 Å². The lowest BCUT2D eigenvalue weighted by molar-refractivity contribution is 0.0946. The van der Waals surface area contributed by atoms with Crippen molar-refractivity contribution < 1.29 is 14.3 Å². The Hall–Kier alpha value is -2.29. The van der Waals surface area contributed by atoms with E-state index < -0.39 is 0 Å². The van der Waals surface area contributed by atoms with E-state index in [0.29, 0.717) is 30.0 Å². The van der Waals surface area contributed by atoms with Crippen LogP contribution in [0.5, 0.6) is 0 Å². The number of benzene rings is 2. The number of methoxy groups -OCH3 is 1. The van der Waals surface area contributed by atoms with Crippen molar-refractivity contribution in [1.29, 1.82) is 0 Å². The van der Waals surface area contributed by atoms with Crippen molar-refractivity contribution in [1.82, 2.24) is 10.6 Å². The summed E-state index contributed by atoms with van der Waals surface area (Å²) in [7, 11) is 1.63. The molecule has 0 heterocycles. The third-order valence-electron chi connectivity index (χ3n) is 3.88. The van der Waals surface area contributed by atoms with Gasteiger partial charge in [0.1, 0.15) is 0 Å². The van der Waals surface area contributed by atoms with Gasteiger partial charge in [-0.05, 0) is 67.5 Å². The van der Waals surface area contributed by atoms with Crippen LogP contribution in [0, 0.1) is 6.92 Å². The number of rotatable bonds is 7. The van der Waals surface area contributed by atoms with Gasteiger partial charge in [-0.2, -0.15) is 0 Å². The summed E-state index contributed by atoms with van der Waals surface area (Å²) in [6, 6.07) is 12.2. The number of halogens is 1. The lowest BCUT2D eigenvalue weighted by Gasteiger charge is -2.11. The van der Waals surface area contributed by atoms with E-state index in [-0.39, 0.29) is 16.9 Å². The van der Waals surface area contributed by atoms with Crippen LogP contribution in [0.4, 0.5) is 5.69 Å². The number of hydrogen-bond donors (Lipinski definition) is 3. The molecule has 2 aromatic carbocycles. The third-order valence-corrected chi connectivity index (χ3v) is 4.94. The molecule has 2 aromatic rings. The van der Waals surface area contributed by atoms with Crippen molar-refractivity contribution in [3.05, 3.63) is 63.6 Å². The van der Waals surface area contributed by atoms with Gasteiger partial charge in [0.15, 0.2) is 5.11 Å². The fourth-order valence-electron chi connectivity index (χ4n) is 2.30. The second-order valence-electron chi connectivity index (χ2n) is 6.05. The van der Waals surface area contributed by atoms with Gasteiger partial charge in [0, 0.05) is 41.5 Å². The Balaban J connectivity index is 1.87. The van der Waals surface area contributed by atoms with Crippen molar-refractivity contribution in [2.24, 2.45) is 0 Å². The normalized spacial score (nSPS) is 10.2. The van der Waals surface area contributed by atoms with E-state index in [1.807, 2.05) is 13.0 Å². The van der Waals surface area contributed by atoms with Crippen LogP contribution in [0.15, 0.2) is 46.9 Å². The number of nitrogens with one attached hydrogen (secondary N) is 3. The third kappa shape index (κ3) is 6.70. The molecule has 6 nitrogen and oxygen atoms in total. The topological polar surface area (TPSA) is 79.5 Å². The molecule has 0 saturated carbocycles. The maximum absolute atomic E-state index is 12.3. The molecule has 0 radical (unpaired) electrons. The van der Waals surface area contributed by atoms with E-state index in [0.717, 1.165) is 16.5 Å². The maximum Gasteiger partial charge on any atom is 0.257 e. The van der Waals surface area contributed by atoms with Gasteiger partial charge in [0.05, 0.1) is 0 Å². The molecule has 0 aromatic heterocycles. The van der Waals surface area contributed by atoms with Gasteiger partial charge in [-0.25, -0.2) is 0 Å². The average molecular weight is 464 g/mol. The lowest BCUT2D eigenvalue weighted by atomic mass is 10.1. The molecule has 0 aliphatic rings. The van der Waals surface area contributed by atoms with E-state index in [1.165, 1.54) is 0 Å². The Kier molecular flexibility index (Phi) is 8.56. The molecule has 0 bridgehead atoms. The molecule has 0 fully saturated rings. The second kappa shape index (κ2) is 10.9. The molecule has 8 heteroatoms. The summed E-state index contributed by atoms with van der Waals surface area (Å²) in [4.78, 5) is 24.3. The molecular formula is C20H22BrN3O3S.